The number of rotatable bonds is 2. The molecule has 0 fully saturated rings. The van der Waals surface area contributed by atoms with Gasteiger partial charge in [-0.2, -0.15) is 0 Å². The zero-order valence-electron chi connectivity index (χ0n) is 9.36. The number of nitrogens with one attached hydrogen (secondary N) is 1. The highest BCUT2D eigenvalue weighted by Crippen LogP contribution is 1.60. The Kier molecular flexibility index (Phi) is 132. The van der Waals surface area contributed by atoms with E-state index in [1.54, 1.807) is 0 Å². The van der Waals surface area contributed by atoms with Crippen LogP contribution in [0.5, 0.6) is 0 Å². The lowest BCUT2D eigenvalue weighted by atomic mass is 11.0. The van der Waals surface area contributed by atoms with Gasteiger partial charge in [0, 0.05) is 0 Å². The predicted molar refractivity (Wildman–Crippen MR) is 83.1 cm³/mol. The Morgan fingerprint density at radius 2 is 1.07 bits per heavy atom. The van der Waals surface area contributed by atoms with Gasteiger partial charge in [-0.05, 0) is 21.1 Å². The Morgan fingerprint density at radius 1 is 0.929 bits per heavy atom. The third-order valence-electron chi connectivity index (χ3n) is 0.986. The highest BCUT2D eigenvalue weighted by atomic mass is 28.2. The molecule has 0 bridgehead atoms. The number of hydrogen-bond donors (Lipinski definition) is 1. The van der Waals surface area contributed by atoms with Crippen LogP contribution in [0.15, 0.2) is 0 Å². The molecule has 0 rings (SSSR count). The van der Waals surface area contributed by atoms with Gasteiger partial charge >= 0.3 is 0 Å². The molecule has 0 aliphatic heterocycles. The molecule has 0 aromatic carbocycles. The summed E-state index contributed by atoms with van der Waals surface area (Å²) in [4.78, 5) is 3.07. The zero-order chi connectivity index (χ0) is 9.70. The predicted octanol–water partition coefficient (Wildman–Crippen LogP) is 1.95. The van der Waals surface area contributed by atoms with Crippen molar-refractivity contribution in [3.8, 4) is 0 Å². The SMILES string of the molecule is C.C.C.CC.CN[SiH2]C.C[SiH2]N(C)C. The lowest BCUT2D eigenvalue weighted by molar-refractivity contribution is 0.665. The molecule has 1 N–H and O–H groups in total. The molecule has 0 atom stereocenters. The minimum Gasteiger partial charge on any atom is -0.345 e. The molecule has 0 amide bonds. The van der Waals surface area contributed by atoms with Gasteiger partial charge in [-0.1, -0.05) is 49.2 Å². The van der Waals surface area contributed by atoms with Crippen LogP contribution in [0, 0.1) is 0 Å². The third kappa shape index (κ3) is 142. The molecule has 14 heavy (non-hydrogen) atoms. The molecule has 0 aromatic heterocycles. The van der Waals surface area contributed by atoms with Gasteiger partial charge < -0.3 is 9.55 Å². The van der Waals surface area contributed by atoms with Gasteiger partial charge in [-0.15, -0.1) is 0 Å². The Balaban J connectivity index is -0.0000000166. The van der Waals surface area contributed by atoms with E-state index in [9.17, 15) is 0 Å². The van der Waals surface area contributed by atoms with E-state index in [4.69, 9.17) is 0 Å². The summed E-state index contributed by atoms with van der Waals surface area (Å²) in [6, 6.07) is 0. The average molecular weight is 243 g/mol. The van der Waals surface area contributed by atoms with E-state index in [1.807, 2.05) is 20.9 Å². The fourth-order valence-electron chi connectivity index (χ4n) is 0. The van der Waals surface area contributed by atoms with Crippen molar-refractivity contribution in [2.45, 2.75) is 49.2 Å². The lowest BCUT2D eigenvalue weighted by Gasteiger charge is -1.99. The highest BCUT2D eigenvalue weighted by Gasteiger charge is 1.73. The van der Waals surface area contributed by atoms with Gasteiger partial charge in [0.25, 0.3) is 0 Å². The van der Waals surface area contributed by atoms with Crippen LogP contribution in [0.25, 0.3) is 0 Å². The molecule has 0 heterocycles. The second kappa shape index (κ2) is 50.5. The van der Waals surface area contributed by atoms with Crippen LogP contribution >= 0.6 is 0 Å². The molecule has 4 heteroatoms. The van der Waals surface area contributed by atoms with Crippen LogP contribution in [0.4, 0.5) is 0 Å². The van der Waals surface area contributed by atoms with Crippen molar-refractivity contribution in [1.82, 2.24) is 9.55 Å². The average Bonchev–Trinajstić information content (AvgIpc) is 2.08. The van der Waals surface area contributed by atoms with E-state index in [-0.39, 0.29) is 41.6 Å². The van der Waals surface area contributed by atoms with E-state index in [2.05, 4.69) is 36.7 Å². The molecule has 96 valence electrons. The summed E-state index contributed by atoms with van der Waals surface area (Å²) in [5, 5.41) is 0. The summed E-state index contributed by atoms with van der Waals surface area (Å²) in [5.41, 5.74) is 0. The number of nitrogens with zero attached hydrogens (tertiary/aromatic N) is 1. The molecular formula is C10H38N2Si2. The molecule has 0 radical (unpaired) electrons. The first kappa shape index (κ1) is 36.7. The van der Waals surface area contributed by atoms with Crippen molar-refractivity contribution in [3.63, 3.8) is 0 Å². The molecule has 0 unspecified atom stereocenters. The van der Waals surface area contributed by atoms with E-state index >= 15 is 0 Å². The molecule has 0 aliphatic carbocycles. The Bertz CT molecular complexity index is 43.1. The van der Waals surface area contributed by atoms with Crippen molar-refractivity contribution in [2.75, 3.05) is 21.1 Å². The summed E-state index contributed by atoms with van der Waals surface area (Å²) >= 11 is 0. The molecule has 2 nitrogen and oxygen atoms in total. The van der Waals surface area contributed by atoms with Gasteiger partial charge in [-0.3, -0.25) is 0 Å². The molecule has 0 saturated heterocycles. The van der Waals surface area contributed by atoms with Gasteiger partial charge in [0.1, 0.15) is 0 Å². The zero-order valence-corrected chi connectivity index (χ0v) is 12.2. The lowest BCUT2D eigenvalue weighted by Crippen LogP contribution is -2.12. The van der Waals surface area contributed by atoms with Crippen molar-refractivity contribution in [1.29, 1.82) is 0 Å². The minimum atomic E-state index is 0. The first-order chi connectivity index (χ1) is 5.18. The summed E-state index contributed by atoms with van der Waals surface area (Å²) in [5.74, 6) is 0. The maximum absolute atomic E-state index is 3.07. The fraction of sp³-hybridized carbons (Fsp3) is 1.00. The van der Waals surface area contributed by atoms with Crippen LogP contribution in [0.1, 0.15) is 36.1 Å². The topological polar surface area (TPSA) is 15.3 Å². The van der Waals surface area contributed by atoms with Crippen molar-refractivity contribution < 1.29 is 0 Å². The van der Waals surface area contributed by atoms with Crippen LogP contribution in [0.3, 0.4) is 0 Å². The second-order valence-corrected chi connectivity index (χ2v) is 5.41. The van der Waals surface area contributed by atoms with Gasteiger partial charge in [0.2, 0.25) is 0 Å². The summed E-state index contributed by atoms with van der Waals surface area (Å²) in [7, 11) is 6.58. The van der Waals surface area contributed by atoms with Gasteiger partial charge in [0.15, 0.2) is 0 Å². The number of hydrogen-bond acceptors (Lipinski definition) is 2. The van der Waals surface area contributed by atoms with Gasteiger partial charge in [0.05, 0.1) is 19.4 Å². The van der Waals surface area contributed by atoms with Crippen LogP contribution in [-0.2, 0) is 0 Å². The summed E-state index contributed by atoms with van der Waals surface area (Å²) < 4.78 is 2.26. The van der Waals surface area contributed by atoms with Crippen molar-refractivity contribution >= 4 is 19.4 Å². The van der Waals surface area contributed by atoms with E-state index < -0.39 is 0 Å². The normalized spacial score (nSPS) is 7.71. The summed E-state index contributed by atoms with van der Waals surface area (Å²) in [6.07, 6.45) is 0. The Hall–Kier alpha value is 0.354. The monoisotopic (exact) mass is 242 g/mol. The third-order valence-corrected chi connectivity index (χ3v) is 2.96. The van der Waals surface area contributed by atoms with Crippen LogP contribution in [0.2, 0.25) is 13.1 Å². The van der Waals surface area contributed by atoms with E-state index in [0.717, 1.165) is 0 Å². The Labute approximate surface area is 99.7 Å². The van der Waals surface area contributed by atoms with Crippen LogP contribution < -0.4 is 4.98 Å². The molecular weight excluding hydrogens is 204 g/mol. The fourth-order valence-corrected chi connectivity index (χ4v) is 0. The Morgan fingerprint density at radius 3 is 1.07 bits per heavy atom. The first-order valence-corrected chi connectivity index (χ1v) is 8.65. The molecule has 0 spiro atoms. The van der Waals surface area contributed by atoms with Crippen molar-refractivity contribution in [3.05, 3.63) is 0 Å². The van der Waals surface area contributed by atoms with Crippen LogP contribution in [-0.4, -0.2) is 45.1 Å². The second-order valence-electron chi connectivity index (χ2n) is 2.10. The van der Waals surface area contributed by atoms with Crippen molar-refractivity contribution in [2.24, 2.45) is 0 Å². The summed E-state index contributed by atoms with van der Waals surface area (Å²) in [6.45, 7) is 8.47. The van der Waals surface area contributed by atoms with E-state index in [0.29, 0.717) is 0 Å². The first-order valence-electron chi connectivity index (χ1n) is 4.48. The highest BCUT2D eigenvalue weighted by molar-refractivity contribution is 6.29. The maximum Gasteiger partial charge on any atom is 0.0913 e. The smallest absolute Gasteiger partial charge is 0.0913 e. The largest absolute Gasteiger partial charge is 0.345 e. The molecule has 0 aliphatic rings. The molecule has 0 saturated carbocycles. The maximum atomic E-state index is 3.07. The quantitative estimate of drug-likeness (QED) is 0.745. The molecule has 0 aromatic rings. The standard InChI is InChI=1S/C3H11NSi.C2H9NSi.C2H6.3CH4/c1-4(2)5-3;1-3-4-2;1-2;;;/h5H2,1-3H3;3H,4H2,1-2H3;1-2H3;3*1H4. The van der Waals surface area contributed by atoms with Gasteiger partial charge in [-0.25, -0.2) is 0 Å². The minimum absolute atomic E-state index is 0. The van der Waals surface area contributed by atoms with E-state index in [1.165, 1.54) is 0 Å².